The van der Waals surface area contributed by atoms with Gasteiger partial charge in [-0.3, -0.25) is 9.48 Å². The first-order valence-corrected chi connectivity index (χ1v) is 7.49. The van der Waals surface area contributed by atoms with E-state index in [1.807, 2.05) is 35.0 Å². The zero-order valence-electron chi connectivity index (χ0n) is 11.7. The van der Waals surface area contributed by atoms with Crippen LogP contribution < -0.4 is 0 Å². The summed E-state index contributed by atoms with van der Waals surface area (Å²) in [7, 11) is 3.55. The molecule has 0 fully saturated rings. The van der Waals surface area contributed by atoms with E-state index in [-0.39, 0.29) is 5.91 Å². The topological polar surface area (TPSA) is 55.4 Å². The smallest absolute Gasteiger partial charge is 0.273 e. The van der Waals surface area contributed by atoms with Gasteiger partial charge in [-0.1, -0.05) is 6.07 Å². The van der Waals surface area contributed by atoms with E-state index in [0.717, 1.165) is 14.9 Å². The lowest BCUT2D eigenvalue weighted by Crippen LogP contribution is -2.28. The van der Waals surface area contributed by atoms with E-state index in [2.05, 4.69) is 32.7 Å². The Bertz CT molecular complexity index is 754. The van der Waals surface area contributed by atoms with Crippen LogP contribution in [-0.2, 0) is 13.6 Å². The highest BCUT2D eigenvalue weighted by molar-refractivity contribution is 14.1. The summed E-state index contributed by atoms with van der Waals surface area (Å²) in [6, 6.07) is 5.83. The quantitative estimate of drug-likeness (QED) is 0.638. The minimum atomic E-state index is -0.0588. The van der Waals surface area contributed by atoms with Crippen LogP contribution in [0.15, 0.2) is 36.8 Å². The van der Waals surface area contributed by atoms with E-state index < -0.39 is 0 Å². The van der Waals surface area contributed by atoms with Gasteiger partial charge in [-0.15, -0.1) is 0 Å². The second-order valence-corrected chi connectivity index (χ2v) is 5.99. The third kappa shape index (κ3) is 2.65. The fraction of sp³-hybridized carbons (Fsp3) is 0.214. The maximum atomic E-state index is 12.5. The second-order valence-electron chi connectivity index (χ2n) is 4.82. The number of fused-ring (bicyclic) bond motifs is 1. The van der Waals surface area contributed by atoms with Crippen LogP contribution in [-0.4, -0.2) is 37.0 Å². The Balaban J connectivity index is 1.82. The van der Waals surface area contributed by atoms with Gasteiger partial charge in [0.25, 0.3) is 5.91 Å². The summed E-state index contributed by atoms with van der Waals surface area (Å²) in [5.41, 5.74) is 2.33. The predicted molar refractivity (Wildman–Crippen MR) is 86.9 cm³/mol. The average molecular weight is 395 g/mol. The van der Waals surface area contributed by atoms with Gasteiger partial charge in [0.15, 0.2) is 0 Å². The van der Waals surface area contributed by atoms with Crippen LogP contribution in [0.25, 0.3) is 5.65 Å². The Labute approximate surface area is 135 Å². The van der Waals surface area contributed by atoms with Crippen molar-refractivity contribution in [2.75, 3.05) is 7.05 Å². The molecule has 108 valence electrons. The molecule has 0 atom stereocenters. The number of rotatable bonds is 3. The van der Waals surface area contributed by atoms with E-state index in [1.165, 1.54) is 0 Å². The minimum Gasteiger partial charge on any atom is -0.334 e. The number of nitrogens with zero attached hydrogens (tertiary/aromatic N) is 5. The van der Waals surface area contributed by atoms with Crippen molar-refractivity contribution < 1.29 is 4.79 Å². The van der Waals surface area contributed by atoms with Gasteiger partial charge in [0, 0.05) is 26.5 Å². The highest BCUT2D eigenvalue weighted by Crippen LogP contribution is 2.14. The summed E-state index contributed by atoms with van der Waals surface area (Å²) in [6.07, 6.45) is 5.57. The second kappa shape index (κ2) is 5.47. The van der Waals surface area contributed by atoms with Crippen molar-refractivity contribution in [1.82, 2.24) is 24.1 Å². The van der Waals surface area contributed by atoms with Gasteiger partial charge >= 0.3 is 0 Å². The molecule has 0 N–H and O–H groups in total. The molecule has 0 aliphatic carbocycles. The van der Waals surface area contributed by atoms with Crippen LogP contribution >= 0.6 is 22.6 Å². The number of amides is 1. The largest absolute Gasteiger partial charge is 0.334 e. The van der Waals surface area contributed by atoms with E-state index in [1.54, 1.807) is 29.9 Å². The van der Waals surface area contributed by atoms with Crippen LogP contribution in [0.2, 0.25) is 0 Å². The van der Waals surface area contributed by atoms with E-state index >= 15 is 0 Å². The van der Waals surface area contributed by atoms with E-state index in [0.29, 0.717) is 12.2 Å². The normalized spacial score (nSPS) is 11.0. The Morgan fingerprint density at radius 3 is 2.90 bits per heavy atom. The number of halogens is 1. The molecule has 0 aliphatic heterocycles. The summed E-state index contributed by atoms with van der Waals surface area (Å²) in [5, 5.41) is 4.10. The number of hydrogen-bond donors (Lipinski definition) is 0. The molecule has 7 heteroatoms. The highest BCUT2D eigenvalue weighted by Gasteiger charge is 2.20. The summed E-state index contributed by atoms with van der Waals surface area (Å²) in [6.45, 7) is 0.460. The monoisotopic (exact) mass is 395 g/mol. The number of carbonyl (C=O) groups is 1. The SMILES string of the molecule is CN(Cc1cn2ccccc2n1)C(=O)c1c(I)cnn1C. The van der Waals surface area contributed by atoms with Crippen LogP contribution in [0.3, 0.4) is 0 Å². The fourth-order valence-corrected chi connectivity index (χ4v) is 2.91. The highest BCUT2D eigenvalue weighted by atomic mass is 127. The lowest BCUT2D eigenvalue weighted by molar-refractivity contribution is 0.0771. The Morgan fingerprint density at radius 1 is 1.43 bits per heavy atom. The number of imidazole rings is 1. The molecule has 6 nitrogen and oxygen atoms in total. The number of hydrogen-bond acceptors (Lipinski definition) is 3. The van der Waals surface area contributed by atoms with Crippen molar-refractivity contribution in [3.63, 3.8) is 0 Å². The maximum Gasteiger partial charge on any atom is 0.273 e. The van der Waals surface area contributed by atoms with Crippen LogP contribution in [0.4, 0.5) is 0 Å². The molecule has 0 saturated carbocycles. The lowest BCUT2D eigenvalue weighted by atomic mass is 10.3. The third-order valence-electron chi connectivity index (χ3n) is 3.26. The van der Waals surface area contributed by atoms with Crippen molar-refractivity contribution in [3.8, 4) is 0 Å². The average Bonchev–Trinajstić information content (AvgIpc) is 3.01. The molecular formula is C14H14IN5O. The van der Waals surface area contributed by atoms with E-state index in [9.17, 15) is 4.79 Å². The third-order valence-corrected chi connectivity index (χ3v) is 4.05. The molecule has 0 aliphatic rings. The zero-order chi connectivity index (χ0) is 15.0. The Kier molecular flexibility index (Phi) is 3.66. The van der Waals surface area contributed by atoms with Gasteiger partial charge in [-0.05, 0) is 34.7 Å². The summed E-state index contributed by atoms with van der Waals surface area (Å²) >= 11 is 2.12. The summed E-state index contributed by atoms with van der Waals surface area (Å²) in [5.74, 6) is -0.0588. The van der Waals surface area contributed by atoms with Crippen molar-refractivity contribution in [1.29, 1.82) is 0 Å². The van der Waals surface area contributed by atoms with Gasteiger partial charge in [0.2, 0.25) is 0 Å². The first-order valence-electron chi connectivity index (χ1n) is 6.42. The number of aromatic nitrogens is 4. The van der Waals surface area contributed by atoms with Crippen molar-refractivity contribution >= 4 is 34.1 Å². The Morgan fingerprint density at radius 2 is 2.24 bits per heavy atom. The standard InChI is InChI=1S/C14H14IN5O/c1-18(14(21)13-11(15)7-16-19(13)2)8-10-9-20-6-4-3-5-12(20)17-10/h3-7,9H,8H2,1-2H3. The molecule has 0 bridgehead atoms. The van der Waals surface area contributed by atoms with Crippen molar-refractivity contribution in [2.24, 2.45) is 7.05 Å². The molecule has 1 amide bonds. The summed E-state index contributed by atoms with van der Waals surface area (Å²) < 4.78 is 4.40. The number of pyridine rings is 1. The predicted octanol–water partition coefficient (Wildman–Crippen LogP) is 1.94. The summed E-state index contributed by atoms with van der Waals surface area (Å²) in [4.78, 5) is 18.7. The minimum absolute atomic E-state index is 0.0588. The lowest BCUT2D eigenvalue weighted by Gasteiger charge is -2.16. The molecule has 0 aromatic carbocycles. The van der Waals surface area contributed by atoms with Crippen LogP contribution in [0.1, 0.15) is 16.2 Å². The molecular weight excluding hydrogens is 381 g/mol. The molecule has 3 rings (SSSR count). The van der Waals surface area contributed by atoms with Crippen molar-refractivity contribution in [3.05, 3.63) is 51.7 Å². The number of aryl methyl sites for hydroxylation is 1. The Hall–Kier alpha value is -1.90. The van der Waals surface area contributed by atoms with Gasteiger partial charge in [0.1, 0.15) is 11.3 Å². The van der Waals surface area contributed by atoms with E-state index in [4.69, 9.17) is 0 Å². The molecule has 0 saturated heterocycles. The zero-order valence-corrected chi connectivity index (χ0v) is 13.9. The molecule has 3 aromatic heterocycles. The van der Waals surface area contributed by atoms with Gasteiger partial charge in [-0.25, -0.2) is 4.98 Å². The van der Waals surface area contributed by atoms with Crippen LogP contribution in [0, 0.1) is 3.57 Å². The first kappa shape index (κ1) is 14.1. The maximum absolute atomic E-state index is 12.5. The molecule has 3 heterocycles. The van der Waals surface area contributed by atoms with Gasteiger partial charge < -0.3 is 9.30 Å². The fourth-order valence-electron chi connectivity index (χ4n) is 2.21. The molecule has 0 unspecified atom stereocenters. The number of carbonyl (C=O) groups excluding carboxylic acids is 1. The molecule has 0 radical (unpaired) electrons. The van der Waals surface area contributed by atoms with Crippen LogP contribution in [0.5, 0.6) is 0 Å². The first-order chi connectivity index (χ1) is 10.1. The molecule has 0 spiro atoms. The van der Waals surface area contributed by atoms with Gasteiger partial charge in [0.05, 0.1) is 22.0 Å². The van der Waals surface area contributed by atoms with Gasteiger partial charge in [-0.2, -0.15) is 5.10 Å². The van der Waals surface area contributed by atoms with Crippen molar-refractivity contribution in [2.45, 2.75) is 6.54 Å². The molecule has 3 aromatic rings. The molecule has 21 heavy (non-hydrogen) atoms.